The fourth-order valence-corrected chi connectivity index (χ4v) is 2.43. The highest BCUT2D eigenvalue weighted by Gasteiger charge is 2.13. The Bertz CT molecular complexity index is 517. The summed E-state index contributed by atoms with van der Waals surface area (Å²) in [4.78, 5) is 10.5. The normalized spacial score (nSPS) is 14.6. The van der Waals surface area contributed by atoms with Crippen molar-refractivity contribution in [2.75, 3.05) is 18.8 Å². The van der Waals surface area contributed by atoms with Crippen molar-refractivity contribution in [2.45, 2.75) is 25.7 Å². The fourth-order valence-electron chi connectivity index (χ4n) is 1.95. The summed E-state index contributed by atoms with van der Waals surface area (Å²) in [7, 11) is -4.20. The molecular formula is C13H19NO5S. The molecule has 0 unspecified atom stereocenters. The van der Waals surface area contributed by atoms with Crippen LogP contribution in [0.3, 0.4) is 0 Å². The second-order valence-electron chi connectivity index (χ2n) is 4.57. The zero-order chi connectivity index (χ0) is 15.0. The van der Waals surface area contributed by atoms with E-state index in [2.05, 4.69) is 0 Å². The molecule has 0 aromatic rings. The van der Waals surface area contributed by atoms with Crippen molar-refractivity contribution in [3.05, 3.63) is 24.3 Å². The van der Waals surface area contributed by atoms with Crippen LogP contribution >= 0.6 is 0 Å². The van der Waals surface area contributed by atoms with Crippen LogP contribution in [-0.4, -0.2) is 53.2 Å². The number of carbonyl (C=O) groups is 1. The van der Waals surface area contributed by atoms with E-state index in [9.17, 15) is 17.8 Å². The van der Waals surface area contributed by atoms with Crippen molar-refractivity contribution in [1.82, 2.24) is 0 Å². The van der Waals surface area contributed by atoms with E-state index < -0.39 is 21.8 Å². The molecule has 6 nitrogen and oxygen atoms in total. The largest absolute Gasteiger partial charge is 0.748 e. The molecule has 0 heterocycles. The Hall–Kier alpha value is -1.47. The number of carboxylic acid groups (broad SMARTS) is 1. The Morgan fingerprint density at radius 2 is 1.85 bits per heavy atom. The molecule has 0 radical (unpaired) electrons. The summed E-state index contributed by atoms with van der Waals surface area (Å²) in [5.41, 5.74) is 0.921. The predicted octanol–water partition coefficient (Wildman–Crippen LogP) is 0.756. The average molecular weight is 301 g/mol. The van der Waals surface area contributed by atoms with Crippen molar-refractivity contribution in [2.24, 2.45) is 0 Å². The number of carboxylic acids is 1. The molecule has 0 atom stereocenters. The maximum absolute atomic E-state index is 10.6. The van der Waals surface area contributed by atoms with Gasteiger partial charge in [0, 0.05) is 30.7 Å². The lowest BCUT2D eigenvalue weighted by atomic mass is 10.1. The first-order chi connectivity index (χ1) is 9.38. The maximum Gasteiger partial charge on any atom is 0.303 e. The van der Waals surface area contributed by atoms with Crippen LogP contribution in [0.15, 0.2) is 24.3 Å². The molecule has 0 saturated carbocycles. The van der Waals surface area contributed by atoms with E-state index in [0.29, 0.717) is 19.5 Å². The van der Waals surface area contributed by atoms with Crippen molar-refractivity contribution in [3.8, 4) is 0 Å². The smallest absolute Gasteiger partial charge is 0.303 e. The standard InChI is InChI=1S/C13H19NO5S/c15-13(16)8-4-9-14(10-5-11-20(17,18)19)12-6-2-1-3-7-12/h2-3,6-7H,1,4-5,8-11H2,(H-,15,16,17,18,19). The summed E-state index contributed by atoms with van der Waals surface area (Å²) in [6.07, 6.45) is 9.43. The molecule has 7 heteroatoms. The molecule has 1 rings (SSSR count). The van der Waals surface area contributed by atoms with Crippen molar-refractivity contribution >= 4 is 21.8 Å². The van der Waals surface area contributed by atoms with Gasteiger partial charge in [0.1, 0.15) is 13.1 Å². The Kier molecular flexibility index (Phi) is 6.60. The van der Waals surface area contributed by atoms with Crippen molar-refractivity contribution < 1.29 is 27.4 Å². The summed E-state index contributed by atoms with van der Waals surface area (Å²) in [5, 5.41) is 8.65. The second-order valence-corrected chi connectivity index (χ2v) is 6.09. The molecular weight excluding hydrogens is 282 g/mol. The third-order valence-electron chi connectivity index (χ3n) is 2.86. The van der Waals surface area contributed by atoms with Crippen LogP contribution in [0, 0.1) is 0 Å². The monoisotopic (exact) mass is 301 g/mol. The molecule has 20 heavy (non-hydrogen) atoms. The van der Waals surface area contributed by atoms with E-state index in [1.807, 2.05) is 28.9 Å². The van der Waals surface area contributed by atoms with Crippen LogP contribution in [0.4, 0.5) is 0 Å². The Balaban J connectivity index is 2.64. The number of rotatable bonds is 8. The molecule has 1 aliphatic carbocycles. The topological polar surface area (TPSA) is 97.5 Å². The third-order valence-corrected chi connectivity index (χ3v) is 3.64. The first kappa shape index (κ1) is 16.6. The van der Waals surface area contributed by atoms with Gasteiger partial charge >= 0.3 is 5.97 Å². The van der Waals surface area contributed by atoms with Gasteiger partial charge in [-0.15, -0.1) is 0 Å². The molecule has 0 aromatic heterocycles. The van der Waals surface area contributed by atoms with Gasteiger partial charge in [-0.2, -0.15) is 0 Å². The number of allylic oxidation sites excluding steroid dienone is 4. The molecule has 1 aliphatic rings. The minimum atomic E-state index is -4.20. The summed E-state index contributed by atoms with van der Waals surface area (Å²) in [6.45, 7) is 0.945. The van der Waals surface area contributed by atoms with E-state index in [0.717, 1.165) is 12.1 Å². The van der Waals surface area contributed by atoms with Crippen LogP contribution in [0.2, 0.25) is 0 Å². The number of hydrogen-bond donors (Lipinski definition) is 1. The van der Waals surface area contributed by atoms with Gasteiger partial charge in [0.15, 0.2) is 5.71 Å². The first-order valence-electron chi connectivity index (χ1n) is 6.49. The van der Waals surface area contributed by atoms with E-state index in [1.165, 1.54) is 0 Å². The Labute approximate surface area is 118 Å². The second kappa shape index (κ2) is 7.96. The molecule has 112 valence electrons. The zero-order valence-corrected chi connectivity index (χ0v) is 12.0. The number of aliphatic carboxylic acids is 1. The molecule has 0 spiro atoms. The van der Waals surface area contributed by atoms with E-state index >= 15 is 0 Å². The van der Waals surface area contributed by atoms with Gasteiger partial charge in [0.05, 0.1) is 16.5 Å². The highest BCUT2D eigenvalue weighted by molar-refractivity contribution is 7.85. The maximum atomic E-state index is 10.6. The van der Waals surface area contributed by atoms with Crippen LogP contribution in [0.1, 0.15) is 25.7 Å². The third kappa shape index (κ3) is 7.20. The lowest BCUT2D eigenvalue weighted by Gasteiger charge is -2.09. The average Bonchev–Trinajstić information content (AvgIpc) is 2.36. The zero-order valence-electron chi connectivity index (χ0n) is 11.2. The molecule has 1 N–H and O–H groups in total. The number of nitrogens with zero attached hydrogens (tertiary/aromatic N) is 1. The first-order valence-corrected chi connectivity index (χ1v) is 8.06. The van der Waals surface area contributed by atoms with Crippen LogP contribution in [-0.2, 0) is 14.9 Å². The molecule has 0 aliphatic heterocycles. The minimum Gasteiger partial charge on any atom is -0.748 e. The van der Waals surface area contributed by atoms with Gasteiger partial charge in [0.25, 0.3) is 0 Å². The summed E-state index contributed by atoms with van der Waals surface area (Å²) in [6, 6.07) is 0. The minimum absolute atomic E-state index is 0.0665. The van der Waals surface area contributed by atoms with Gasteiger partial charge in [0.2, 0.25) is 0 Å². The molecule has 0 bridgehead atoms. The number of hydrogen-bond acceptors (Lipinski definition) is 4. The van der Waals surface area contributed by atoms with Crippen LogP contribution in [0.25, 0.3) is 0 Å². The molecule has 0 aromatic carbocycles. The van der Waals surface area contributed by atoms with Crippen LogP contribution in [0.5, 0.6) is 0 Å². The van der Waals surface area contributed by atoms with E-state index in [4.69, 9.17) is 5.11 Å². The lowest BCUT2D eigenvalue weighted by Crippen LogP contribution is -2.24. The summed E-state index contributed by atoms with van der Waals surface area (Å²) in [5.74, 6) is -1.25. The van der Waals surface area contributed by atoms with Crippen molar-refractivity contribution in [3.63, 3.8) is 0 Å². The van der Waals surface area contributed by atoms with E-state index in [-0.39, 0.29) is 12.8 Å². The lowest BCUT2D eigenvalue weighted by molar-refractivity contribution is -0.526. The summed E-state index contributed by atoms with van der Waals surface area (Å²) < 4.78 is 33.7. The van der Waals surface area contributed by atoms with Crippen molar-refractivity contribution in [1.29, 1.82) is 0 Å². The quantitative estimate of drug-likeness (QED) is 0.527. The van der Waals surface area contributed by atoms with E-state index in [1.54, 1.807) is 0 Å². The Morgan fingerprint density at radius 3 is 2.40 bits per heavy atom. The predicted molar refractivity (Wildman–Crippen MR) is 73.9 cm³/mol. The van der Waals surface area contributed by atoms with Gasteiger partial charge in [-0.1, -0.05) is 12.2 Å². The van der Waals surface area contributed by atoms with Crippen LogP contribution < -0.4 is 0 Å². The molecule has 0 fully saturated rings. The highest BCUT2D eigenvalue weighted by Crippen LogP contribution is 2.02. The van der Waals surface area contributed by atoms with Gasteiger partial charge in [-0.3, -0.25) is 4.79 Å². The Morgan fingerprint density at radius 1 is 1.25 bits per heavy atom. The fraction of sp³-hybridized carbons (Fsp3) is 0.538. The summed E-state index contributed by atoms with van der Waals surface area (Å²) >= 11 is 0. The van der Waals surface area contributed by atoms with Gasteiger partial charge in [-0.25, -0.2) is 13.0 Å². The highest BCUT2D eigenvalue weighted by atomic mass is 32.2. The van der Waals surface area contributed by atoms with Gasteiger partial charge in [-0.05, 0) is 6.42 Å². The molecule has 0 saturated heterocycles. The van der Waals surface area contributed by atoms with Gasteiger partial charge < -0.3 is 9.66 Å². The SMILES string of the molecule is O=C(O)CCC[N+](CCCS(=O)(=O)[O-])=C1C=CCC=C1. The molecule has 0 amide bonds.